The van der Waals surface area contributed by atoms with Gasteiger partial charge in [-0.25, -0.2) is 9.78 Å². The normalized spacial score (nSPS) is 11.9. The highest BCUT2D eigenvalue weighted by Gasteiger charge is 2.10. The minimum atomic E-state index is -0.338. The monoisotopic (exact) mass is 418 g/mol. The molecule has 6 nitrogen and oxygen atoms in total. The molecule has 0 aliphatic carbocycles. The quantitative estimate of drug-likeness (QED) is 0.439. The first-order valence-electron chi connectivity index (χ1n) is 9.59. The average Bonchev–Trinajstić information content (AvgIpc) is 3.26. The van der Waals surface area contributed by atoms with Gasteiger partial charge in [0.25, 0.3) is 0 Å². The van der Waals surface area contributed by atoms with Gasteiger partial charge in [-0.15, -0.1) is 0 Å². The molecule has 2 heterocycles. The molecule has 30 heavy (non-hydrogen) atoms. The second kappa shape index (κ2) is 9.02. The number of fused-ring (bicyclic) bond motifs is 1. The van der Waals surface area contributed by atoms with E-state index in [4.69, 9.17) is 10.5 Å². The fourth-order valence-corrected chi connectivity index (χ4v) is 4.03. The van der Waals surface area contributed by atoms with Gasteiger partial charge in [-0.2, -0.15) is 0 Å². The van der Waals surface area contributed by atoms with Crippen LogP contribution in [0.1, 0.15) is 15.9 Å². The van der Waals surface area contributed by atoms with Gasteiger partial charge in [0.2, 0.25) is 0 Å². The first-order valence-corrected chi connectivity index (χ1v) is 10.4. The van der Waals surface area contributed by atoms with Gasteiger partial charge in [0.05, 0.1) is 17.6 Å². The average molecular weight is 419 g/mol. The Morgan fingerprint density at radius 3 is 2.77 bits per heavy atom. The van der Waals surface area contributed by atoms with Crippen molar-refractivity contribution in [2.24, 2.45) is 5.73 Å². The van der Waals surface area contributed by atoms with Gasteiger partial charge in [0.1, 0.15) is 0 Å². The number of ether oxygens (including phenoxy) is 1. The fraction of sp³-hybridized carbons (Fsp3) is 0.174. The number of hydrogen-bond donors (Lipinski definition) is 2. The van der Waals surface area contributed by atoms with E-state index >= 15 is 0 Å². The fourth-order valence-electron chi connectivity index (χ4n) is 3.21. The van der Waals surface area contributed by atoms with E-state index in [-0.39, 0.29) is 12.0 Å². The molecule has 0 saturated carbocycles. The number of rotatable bonds is 7. The molecule has 152 valence electrons. The Morgan fingerprint density at radius 1 is 1.13 bits per heavy atom. The van der Waals surface area contributed by atoms with E-state index in [1.54, 1.807) is 29.7 Å². The third kappa shape index (κ3) is 4.64. The summed E-state index contributed by atoms with van der Waals surface area (Å²) in [6.07, 6.45) is 6.25. The van der Waals surface area contributed by atoms with Crippen LogP contribution in [0, 0.1) is 0 Å². The van der Waals surface area contributed by atoms with Crippen molar-refractivity contribution in [3.05, 3.63) is 78.2 Å². The molecule has 3 N–H and O–H groups in total. The van der Waals surface area contributed by atoms with Crippen LogP contribution in [0.2, 0.25) is 0 Å². The molecule has 0 spiro atoms. The molecule has 1 atom stereocenters. The smallest absolute Gasteiger partial charge is 0.337 e. The summed E-state index contributed by atoms with van der Waals surface area (Å²) in [4.78, 5) is 21.2. The Balaban J connectivity index is 1.35. The number of nitrogens with two attached hydrogens (primary N) is 1. The van der Waals surface area contributed by atoms with Crippen molar-refractivity contribution >= 4 is 33.2 Å². The van der Waals surface area contributed by atoms with E-state index in [2.05, 4.69) is 33.5 Å². The molecule has 0 unspecified atom stereocenters. The van der Waals surface area contributed by atoms with E-state index in [0.29, 0.717) is 18.5 Å². The van der Waals surface area contributed by atoms with Crippen LogP contribution < -0.4 is 11.1 Å². The summed E-state index contributed by atoms with van der Waals surface area (Å²) in [5, 5.41) is 6.45. The van der Waals surface area contributed by atoms with E-state index in [9.17, 15) is 4.79 Å². The summed E-state index contributed by atoms with van der Waals surface area (Å²) < 4.78 is 4.72. The standard InChI is InChI=1S/C23H22N4O2S/c1-29-22(28)16-4-2-15(3-5-16)10-20(24)13-26-23-27-14-21(30-23)18-6-7-19-12-25-9-8-17(19)11-18/h2-9,11-12,14,20H,10,13,24H2,1H3,(H,26,27)/t20-/m0/s1. The van der Waals surface area contributed by atoms with Crippen LogP contribution in [0.25, 0.3) is 21.2 Å². The number of carbonyl (C=O) groups excluding carboxylic acids is 1. The SMILES string of the molecule is COC(=O)c1ccc(C[C@H](N)CNc2ncc(-c3ccc4cnccc4c3)s2)cc1. The lowest BCUT2D eigenvalue weighted by atomic mass is 10.0. The lowest BCUT2D eigenvalue weighted by Crippen LogP contribution is -2.31. The van der Waals surface area contributed by atoms with Crippen molar-refractivity contribution in [2.45, 2.75) is 12.5 Å². The maximum atomic E-state index is 11.5. The molecule has 0 radical (unpaired) electrons. The Hall–Kier alpha value is -3.29. The van der Waals surface area contributed by atoms with Crippen LogP contribution in [-0.2, 0) is 11.2 Å². The third-order valence-electron chi connectivity index (χ3n) is 4.82. The number of anilines is 1. The molecule has 0 aliphatic heterocycles. The zero-order chi connectivity index (χ0) is 20.9. The molecule has 0 fully saturated rings. The Kier molecular flexibility index (Phi) is 6.02. The number of nitrogens with one attached hydrogen (secondary N) is 1. The van der Waals surface area contributed by atoms with Gasteiger partial charge < -0.3 is 15.8 Å². The first kappa shape index (κ1) is 20.0. The number of thiazole rings is 1. The lowest BCUT2D eigenvalue weighted by molar-refractivity contribution is 0.0600. The molecule has 0 bridgehead atoms. The molecule has 2 aromatic carbocycles. The molecule has 4 aromatic rings. The summed E-state index contributed by atoms with van der Waals surface area (Å²) in [5.41, 5.74) is 9.02. The second-order valence-electron chi connectivity index (χ2n) is 7.00. The molecular formula is C23H22N4O2S. The summed E-state index contributed by atoms with van der Waals surface area (Å²) in [7, 11) is 1.37. The van der Waals surface area contributed by atoms with Crippen molar-refractivity contribution in [1.82, 2.24) is 9.97 Å². The van der Waals surface area contributed by atoms with Crippen LogP contribution in [0.4, 0.5) is 5.13 Å². The molecule has 4 rings (SSSR count). The summed E-state index contributed by atoms with van der Waals surface area (Å²) in [6, 6.07) is 15.6. The van der Waals surface area contributed by atoms with Crippen molar-refractivity contribution in [2.75, 3.05) is 19.0 Å². The number of benzene rings is 2. The topological polar surface area (TPSA) is 90.1 Å². The molecule has 0 amide bonds. The largest absolute Gasteiger partial charge is 0.465 e. The van der Waals surface area contributed by atoms with Gasteiger partial charge in [-0.3, -0.25) is 4.98 Å². The maximum Gasteiger partial charge on any atom is 0.337 e. The van der Waals surface area contributed by atoms with Crippen LogP contribution in [0.15, 0.2) is 67.1 Å². The molecule has 7 heteroatoms. The minimum absolute atomic E-state index is 0.0745. The number of pyridine rings is 1. The molecule has 0 saturated heterocycles. The van der Waals surface area contributed by atoms with Crippen LogP contribution in [0.3, 0.4) is 0 Å². The predicted octanol–water partition coefficient (Wildman–Crippen LogP) is 4.13. The molecule has 2 aromatic heterocycles. The number of carbonyl (C=O) groups is 1. The van der Waals surface area contributed by atoms with Gasteiger partial charge in [0, 0.05) is 36.6 Å². The van der Waals surface area contributed by atoms with E-state index in [1.807, 2.05) is 30.6 Å². The Morgan fingerprint density at radius 2 is 1.97 bits per heavy atom. The van der Waals surface area contributed by atoms with Gasteiger partial charge >= 0.3 is 5.97 Å². The van der Waals surface area contributed by atoms with Crippen LogP contribution in [-0.4, -0.2) is 35.6 Å². The third-order valence-corrected chi connectivity index (χ3v) is 5.82. The number of aromatic nitrogens is 2. The second-order valence-corrected chi connectivity index (χ2v) is 8.03. The van der Waals surface area contributed by atoms with Crippen molar-refractivity contribution < 1.29 is 9.53 Å². The van der Waals surface area contributed by atoms with Crippen molar-refractivity contribution in [3.63, 3.8) is 0 Å². The lowest BCUT2D eigenvalue weighted by Gasteiger charge is -2.12. The number of nitrogens with zero attached hydrogens (tertiary/aromatic N) is 2. The number of methoxy groups -OCH3 is 1. The highest BCUT2D eigenvalue weighted by Crippen LogP contribution is 2.30. The van der Waals surface area contributed by atoms with Crippen molar-refractivity contribution in [3.8, 4) is 10.4 Å². The highest BCUT2D eigenvalue weighted by atomic mass is 32.1. The first-order chi connectivity index (χ1) is 14.6. The molecular weight excluding hydrogens is 396 g/mol. The van der Waals surface area contributed by atoms with E-state index in [1.165, 1.54) is 7.11 Å². The summed E-state index contributed by atoms with van der Waals surface area (Å²) in [5.74, 6) is -0.338. The zero-order valence-corrected chi connectivity index (χ0v) is 17.4. The number of esters is 1. The highest BCUT2D eigenvalue weighted by molar-refractivity contribution is 7.18. The Bertz CT molecular complexity index is 1160. The van der Waals surface area contributed by atoms with Crippen molar-refractivity contribution in [1.29, 1.82) is 0 Å². The number of hydrogen-bond acceptors (Lipinski definition) is 7. The van der Waals surface area contributed by atoms with Gasteiger partial charge in [0.15, 0.2) is 5.13 Å². The molecule has 0 aliphatic rings. The van der Waals surface area contributed by atoms with E-state index < -0.39 is 0 Å². The summed E-state index contributed by atoms with van der Waals surface area (Å²) in [6.45, 7) is 0.606. The van der Waals surface area contributed by atoms with Gasteiger partial charge in [-0.05, 0) is 47.2 Å². The minimum Gasteiger partial charge on any atom is -0.465 e. The van der Waals surface area contributed by atoms with Crippen LogP contribution in [0.5, 0.6) is 0 Å². The zero-order valence-electron chi connectivity index (χ0n) is 16.5. The Labute approximate surface area is 178 Å². The summed E-state index contributed by atoms with van der Waals surface area (Å²) >= 11 is 1.61. The maximum absolute atomic E-state index is 11.5. The van der Waals surface area contributed by atoms with Crippen LogP contribution >= 0.6 is 11.3 Å². The van der Waals surface area contributed by atoms with Gasteiger partial charge in [-0.1, -0.05) is 35.6 Å². The predicted molar refractivity (Wildman–Crippen MR) is 121 cm³/mol. The van der Waals surface area contributed by atoms with E-state index in [0.717, 1.165) is 31.9 Å².